The molecule has 1 amide bonds. The highest BCUT2D eigenvalue weighted by Crippen LogP contribution is 2.41. The van der Waals surface area contributed by atoms with Gasteiger partial charge in [0.15, 0.2) is 4.96 Å². The molecule has 2 aliphatic rings. The lowest BCUT2D eigenvalue weighted by Crippen LogP contribution is -2.36. The molecule has 7 nitrogen and oxygen atoms in total. The second-order valence-electron chi connectivity index (χ2n) is 7.42. The van der Waals surface area contributed by atoms with E-state index in [4.69, 9.17) is 0 Å². The quantitative estimate of drug-likeness (QED) is 0.747. The van der Waals surface area contributed by atoms with Gasteiger partial charge in [-0.3, -0.25) is 13.9 Å². The number of aliphatic hydroxyl groups excluding tert-OH is 1. The normalized spacial score (nSPS) is 28.6. The zero-order valence-electron chi connectivity index (χ0n) is 14.5. The number of carbonyl (C=O) groups is 1. The Morgan fingerprint density at radius 1 is 1.27 bits per heavy atom. The van der Waals surface area contributed by atoms with E-state index < -0.39 is 6.10 Å². The molecule has 1 saturated carbocycles. The van der Waals surface area contributed by atoms with Crippen LogP contribution in [0.15, 0.2) is 30.0 Å². The van der Waals surface area contributed by atoms with Crippen molar-refractivity contribution in [2.24, 2.45) is 11.8 Å². The lowest BCUT2D eigenvalue weighted by atomic mass is 9.77. The Morgan fingerprint density at radius 2 is 2.08 bits per heavy atom. The summed E-state index contributed by atoms with van der Waals surface area (Å²) in [6, 6.07) is 1.89. The van der Waals surface area contributed by atoms with Gasteiger partial charge < -0.3 is 10.0 Å². The van der Waals surface area contributed by atoms with E-state index in [-0.39, 0.29) is 11.9 Å². The number of aromatic nitrogens is 4. The van der Waals surface area contributed by atoms with Gasteiger partial charge in [0.25, 0.3) is 5.91 Å². The Kier molecular flexibility index (Phi) is 3.65. The third-order valence-electron chi connectivity index (χ3n) is 5.90. The van der Waals surface area contributed by atoms with E-state index in [0.29, 0.717) is 24.1 Å². The van der Waals surface area contributed by atoms with E-state index in [2.05, 4.69) is 10.1 Å². The Balaban J connectivity index is 1.38. The Labute approximate surface area is 154 Å². The molecule has 3 aromatic rings. The fourth-order valence-corrected chi connectivity index (χ4v) is 5.40. The molecule has 0 unspecified atom stereocenters. The summed E-state index contributed by atoms with van der Waals surface area (Å²) >= 11 is 1.54. The fourth-order valence-electron chi connectivity index (χ4n) is 4.64. The summed E-state index contributed by atoms with van der Waals surface area (Å²) in [7, 11) is 0. The van der Waals surface area contributed by atoms with Gasteiger partial charge in [-0.25, -0.2) is 4.98 Å². The minimum absolute atomic E-state index is 0.00147. The summed E-state index contributed by atoms with van der Waals surface area (Å²) in [5, 5.41) is 16.8. The van der Waals surface area contributed by atoms with Gasteiger partial charge in [0, 0.05) is 37.1 Å². The number of imidazole rings is 1. The molecule has 8 heteroatoms. The second-order valence-corrected chi connectivity index (χ2v) is 8.30. The number of rotatable bonds is 2. The van der Waals surface area contributed by atoms with E-state index >= 15 is 0 Å². The largest absolute Gasteiger partial charge is 0.391 e. The molecule has 1 saturated heterocycles. The molecule has 4 heterocycles. The molecular formula is C18H21N5O2S. The molecule has 0 bridgehead atoms. The molecule has 136 valence electrons. The van der Waals surface area contributed by atoms with E-state index in [1.54, 1.807) is 6.20 Å². The monoisotopic (exact) mass is 371 g/mol. The first-order valence-corrected chi connectivity index (χ1v) is 9.88. The van der Waals surface area contributed by atoms with E-state index in [1.165, 1.54) is 11.3 Å². The van der Waals surface area contributed by atoms with Crippen LogP contribution in [0.1, 0.15) is 35.1 Å². The van der Waals surface area contributed by atoms with Crippen LogP contribution in [0.5, 0.6) is 0 Å². The van der Waals surface area contributed by atoms with Crippen molar-refractivity contribution in [1.29, 1.82) is 0 Å². The van der Waals surface area contributed by atoms with Crippen LogP contribution in [-0.4, -0.2) is 54.3 Å². The first-order chi connectivity index (χ1) is 12.6. The molecule has 2 fully saturated rings. The zero-order chi connectivity index (χ0) is 17.8. The molecule has 5 rings (SSSR count). The topological polar surface area (TPSA) is 75.7 Å². The number of aryl methyl sites for hydroxylation is 1. The highest BCUT2D eigenvalue weighted by atomic mass is 32.1. The van der Waals surface area contributed by atoms with Crippen LogP contribution >= 0.6 is 11.3 Å². The number of nitrogens with zero attached hydrogens (tertiary/aromatic N) is 5. The van der Waals surface area contributed by atoms with Crippen molar-refractivity contribution in [2.75, 3.05) is 13.1 Å². The van der Waals surface area contributed by atoms with Gasteiger partial charge in [-0.15, -0.1) is 11.3 Å². The molecule has 0 radical (unpaired) electrons. The standard InChI is InChI=1S/C18H21N5O2S/c1-11-16(22-5-6-26-18(22)20-11)17(25)21-9-12-7-14(23-4-2-3-19-23)15(24)8-13(12)10-21/h2-6,12-15,24H,7-10H2,1H3/t12-,13+,14-,15-/m1/s1. The van der Waals surface area contributed by atoms with Crippen molar-refractivity contribution in [2.45, 2.75) is 31.9 Å². The van der Waals surface area contributed by atoms with Crippen LogP contribution in [-0.2, 0) is 0 Å². The fraction of sp³-hybridized carbons (Fsp3) is 0.500. The van der Waals surface area contributed by atoms with Crippen molar-refractivity contribution in [3.63, 3.8) is 0 Å². The number of amides is 1. The maximum Gasteiger partial charge on any atom is 0.272 e. The SMILES string of the molecule is Cc1nc2sccn2c1C(=O)N1C[C@H]2C[C@@H](n3cccn3)[C@H](O)C[C@H]2C1. The second kappa shape index (κ2) is 5.92. The van der Waals surface area contributed by atoms with E-state index in [9.17, 15) is 9.90 Å². The zero-order valence-corrected chi connectivity index (χ0v) is 15.3. The van der Waals surface area contributed by atoms with Gasteiger partial charge in [-0.05, 0) is 37.7 Å². The van der Waals surface area contributed by atoms with E-state index in [0.717, 1.165) is 30.0 Å². The van der Waals surface area contributed by atoms with Crippen LogP contribution in [0.4, 0.5) is 0 Å². The van der Waals surface area contributed by atoms with Gasteiger partial charge >= 0.3 is 0 Å². The number of aliphatic hydroxyl groups is 1. The van der Waals surface area contributed by atoms with Gasteiger partial charge in [-0.2, -0.15) is 5.10 Å². The summed E-state index contributed by atoms with van der Waals surface area (Å²) in [6.07, 6.45) is 6.74. The molecule has 3 aromatic heterocycles. The summed E-state index contributed by atoms with van der Waals surface area (Å²) < 4.78 is 3.76. The van der Waals surface area contributed by atoms with Gasteiger partial charge in [0.2, 0.25) is 0 Å². The molecule has 1 aliphatic carbocycles. The average Bonchev–Trinajstić information content (AvgIpc) is 3.36. The summed E-state index contributed by atoms with van der Waals surface area (Å²) in [6.45, 7) is 3.35. The first-order valence-electron chi connectivity index (χ1n) is 9.00. The maximum atomic E-state index is 13.2. The van der Waals surface area contributed by atoms with Crippen LogP contribution < -0.4 is 0 Å². The van der Waals surface area contributed by atoms with Crippen molar-refractivity contribution >= 4 is 22.2 Å². The lowest BCUT2D eigenvalue weighted by Gasteiger charge is -2.35. The van der Waals surface area contributed by atoms with Gasteiger partial charge in [0.1, 0.15) is 5.69 Å². The lowest BCUT2D eigenvalue weighted by molar-refractivity contribution is 0.0306. The number of hydrogen-bond acceptors (Lipinski definition) is 5. The summed E-state index contributed by atoms with van der Waals surface area (Å²) in [4.78, 5) is 20.5. The third-order valence-corrected chi connectivity index (χ3v) is 6.66. The predicted molar refractivity (Wildman–Crippen MR) is 97.2 cm³/mol. The van der Waals surface area contributed by atoms with Crippen LogP contribution in [0.3, 0.4) is 0 Å². The molecule has 26 heavy (non-hydrogen) atoms. The number of fused-ring (bicyclic) bond motifs is 2. The first kappa shape index (κ1) is 16.0. The van der Waals surface area contributed by atoms with Crippen molar-refractivity contribution in [3.05, 3.63) is 41.4 Å². The summed E-state index contributed by atoms with van der Waals surface area (Å²) in [5.41, 5.74) is 1.45. The minimum atomic E-state index is -0.411. The molecule has 4 atom stereocenters. The van der Waals surface area contributed by atoms with Crippen molar-refractivity contribution < 1.29 is 9.90 Å². The van der Waals surface area contributed by atoms with Crippen LogP contribution in [0.2, 0.25) is 0 Å². The molecule has 0 aromatic carbocycles. The van der Waals surface area contributed by atoms with Crippen LogP contribution in [0.25, 0.3) is 4.96 Å². The molecule has 0 spiro atoms. The Bertz CT molecular complexity index is 946. The predicted octanol–water partition coefficient (Wildman–Crippen LogP) is 1.98. The van der Waals surface area contributed by atoms with Crippen molar-refractivity contribution in [3.8, 4) is 0 Å². The Morgan fingerprint density at radius 3 is 2.85 bits per heavy atom. The molecule has 1 aliphatic heterocycles. The molecular weight excluding hydrogens is 350 g/mol. The van der Waals surface area contributed by atoms with Gasteiger partial charge in [0.05, 0.1) is 17.8 Å². The number of carbonyl (C=O) groups excluding carboxylic acids is 1. The van der Waals surface area contributed by atoms with Crippen molar-refractivity contribution in [1.82, 2.24) is 24.1 Å². The maximum absolute atomic E-state index is 13.2. The third kappa shape index (κ3) is 2.39. The number of likely N-dealkylation sites (tertiary alicyclic amines) is 1. The molecule has 1 N–H and O–H groups in total. The number of hydrogen-bond donors (Lipinski definition) is 1. The van der Waals surface area contributed by atoms with E-state index in [1.807, 2.05) is 44.7 Å². The number of thiazole rings is 1. The Hall–Kier alpha value is -2.19. The highest BCUT2D eigenvalue weighted by molar-refractivity contribution is 7.15. The summed E-state index contributed by atoms with van der Waals surface area (Å²) in [5.74, 6) is 0.808. The van der Waals surface area contributed by atoms with Crippen LogP contribution in [0, 0.1) is 18.8 Å². The van der Waals surface area contributed by atoms with Gasteiger partial charge in [-0.1, -0.05) is 0 Å². The minimum Gasteiger partial charge on any atom is -0.391 e. The average molecular weight is 371 g/mol. The highest BCUT2D eigenvalue weighted by Gasteiger charge is 2.44. The smallest absolute Gasteiger partial charge is 0.272 e.